The molecule has 0 radical (unpaired) electrons. The highest BCUT2D eigenvalue weighted by molar-refractivity contribution is 4.98. The molecule has 0 spiro atoms. The Morgan fingerprint density at radius 2 is 1.05 bits per heavy atom. The molecule has 0 aliphatic rings. The molecule has 0 unspecified atom stereocenters. The second-order valence-corrected chi connectivity index (χ2v) is 6.56. The van der Waals surface area contributed by atoms with Gasteiger partial charge in [0.05, 0.1) is 0 Å². The number of alkyl halides is 4. The van der Waals surface area contributed by atoms with E-state index in [-0.39, 0.29) is 24.7 Å². The third-order valence-electron chi connectivity index (χ3n) is 5.53. The zero-order valence-corrected chi connectivity index (χ0v) is 13.8. The summed E-state index contributed by atoms with van der Waals surface area (Å²) in [5.74, 6) is -7.91. The Morgan fingerprint density at radius 3 is 1.35 bits per heavy atom. The van der Waals surface area contributed by atoms with E-state index in [4.69, 9.17) is 0 Å². The molecule has 0 bridgehead atoms. The van der Waals surface area contributed by atoms with Gasteiger partial charge in [0.25, 0.3) is 0 Å². The predicted molar refractivity (Wildman–Crippen MR) is 76.5 cm³/mol. The minimum absolute atomic E-state index is 0.0465. The lowest BCUT2D eigenvalue weighted by Crippen LogP contribution is -2.52. The van der Waals surface area contributed by atoms with Gasteiger partial charge in [-0.1, -0.05) is 54.4 Å². The minimum atomic E-state index is -3.97. The van der Waals surface area contributed by atoms with Crippen LogP contribution in [0.5, 0.6) is 0 Å². The predicted octanol–water partition coefficient (Wildman–Crippen LogP) is 6.69. The minimum Gasteiger partial charge on any atom is -0.200 e. The van der Waals surface area contributed by atoms with Crippen LogP contribution in [-0.4, -0.2) is 11.8 Å². The van der Waals surface area contributed by atoms with E-state index >= 15 is 0 Å². The van der Waals surface area contributed by atoms with Crippen LogP contribution in [0, 0.1) is 10.8 Å². The molecule has 0 saturated carbocycles. The second kappa shape index (κ2) is 6.65. The van der Waals surface area contributed by atoms with Crippen molar-refractivity contribution in [3.05, 3.63) is 0 Å². The van der Waals surface area contributed by atoms with Gasteiger partial charge >= 0.3 is 11.8 Å². The SMILES string of the molecule is CCC(C)(CC)CCC(F)(F)C(F)(F)C(C)(CC)CC. The van der Waals surface area contributed by atoms with E-state index in [1.807, 2.05) is 20.8 Å². The Kier molecular flexibility index (Phi) is 6.56. The van der Waals surface area contributed by atoms with E-state index in [1.165, 1.54) is 6.92 Å². The van der Waals surface area contributed by atoms with Crippen molar-refractivity contribution in [3.8, 4) is 0 Å². The first kappa shape index (κ1) is 19.7. The third-order valence-corrected chi connectivity index (χ3v) is 5.53. The van der Waals surface area contributed by atoms with Crippen LogP contribution in [0.25, 0.3) is 0 Å². The Hall–Kier alpha value is -0.280. The Bertz CT molecular complexity index is 289. The first-order valence-corrected chi connectivity index (χ1v) is 7.71. The summed E-state index contributed by atoms with van der Waals surface area (Å²) < 4.78 is 56.8. The van der Waals surface area contributed by atoms with E-state index in [0.717, 1.165) is 12.8 Å². The summed E-state index contributed by atoms with van der Waals surface area (Å²) in [5, 5.41) is 0. The molecular formula is C16H30F4. The van der Waals surface area contributed by atoms with Crippen LogP contribution < -0.4 is 0 Å². The van der Waals surface area contributed by atoms with Crippen LogP contribution in [0.1, 0.15) is 80.1 Å². The van der Waals surface area contributed by atoms with Gasteiger partial charge in [0.15, 0.2) is 0 Å². The highest BCUT2D eigenvalue weighted by Gasteiger charge is 2.64. The topological polar surface area (TPSA) is 0 Å². The van der Waals surface area contributed by atoms with Crippen molar-refractivity contribution in [1.29, 1.82) is 0 Å². The smallest absolute Gasteiger partial charge is 0.200 e. The van der Waals surface area contributed by atoms with Gasteiger partial charge in [0.1, 0.15) is 0 Å². The van der Waals surface area contributed by atoms with E-state index in [1.54, 1.807) is 13.8 Å². The average molecular weight is 298 g/mol. The molecule has 4 heteroatoms. The molecule has 0 fully saturated rings. The molecule has 0 saturated heterocycles. The molecular weight excluding hydrogens is 268 g/mol. The van der Waals surface area contributed by atoms with E-state index in [2.05, 4.69) is 0 Å². The zero-order valence-electron chi connectivity index (χ0n) is 13.8. The highest BCUT2D eigenvalue weighted by atomic mass is 19.3. The normalized spacial score (nSPS) is 14.7. The van der Waals surface area contributed by atoms with Crippen LogP contribution in [0.4, 0.5) is 17.6 Å². The van der Waals surface area contributed by atoms with Crippen LogP contribution in [0.3, 0.4) is 0 Å². The fourth-order valence-corrected chi connectivity index (χ4v) is 2.35. The Morgan fingerprint density at radius 1 is 0.650 bits per heavy atom. The molecule has 0 N–H and O–H groups in total. The second-order valence-electron chi connectivity index (χ2n) is 6.56. The lowest BCUT2D eigenvalue weighted by Gasteiger charge is -2.41. The van der Waals surface area contributed by atoms with Crippen molar-refractivity contribution in [2.75, 3.05) is 0 Å². The van der Waals surface area contributed by atoms with Gasteiger partial charge in [-0.2, -0.15) is 17.6 Å². The van der Waals surface area contributed by atoms with Crippen molar-refractivity contribution in [1.82, 2.24) is 0 Å². The first-order valence-electron chi connectivity index (χ1n) is 7.71. The summed E-state index contributed by atoms with van der Waals surface area (Å²) in [7, 11) is 0. The maximum Gasteiger partial charge on any atom is 0.315 e. The van der Waals surface area contributed by atoms with Gasteiger partial charge in [-0.25, -0.2) is 0 Å². The quantitative estimate of drug-likeness (QED) is 0.416. The fourth-order valence-electron chi connectivity index (χ4n) is 2.35. The molecule has 122 valence electrons. The number of hydrogen-bond donors (Lipinski definition) is 0. The highest BCUT2D eigenvalue weighted by Crippen LogP contribution is 2.53. The summed E-state index contributed by atoms with van der Waals surface area (Å²) >= 11 is 0. The van der Waals surface area contributed by atoms with Gasteiger partial charge in [-0.3, -0.25) is 0 Å². The number of rotatable bonds is 9. The maximum atomic E-state index is 14.3. The monoisotopic (exact) mass is 298 g/mol. The molecule has 0 aromatic rings. The van der Waals surface area contributed by atoms with Crippen LogP contribution >= 0.6 is 0 Å². The van der Waals surface area contributed by atoms with E-state index in [9.17, 15) is 17.6 Å². The van der Waals surface area contributed by atoms with Crippen LogP contribution in [-0.2, 0) is 0 Å². The Labute approximate surface area is 121 Å². The fraction of sp³-hybridized carbons (Fsp3) is 1.00. The molecule has 0 rings (SSSR count). The van der Waals surface area contributed by atoms with E-state index in [0.29, 0.717) is 0 Å². The van der Waals surface area contributed by atoms with Crippen LogP contribution in [0.2, 0.25) is 0 Å². The van der Waals surface area contributed by atoms with Crippen molar-refractivity contribution in [3.63, 3.8) is 0 Å². The zero-order chi connectivity index (χ0) is 16.2. The molecule has 0 aliphatic heterocycles. The third kappa shape index (κ3) is 3.67. The van der Waals surface area contributed by atoms with Crippen molar-refractivity contribution >= 4 is 0 Å². The number of halogens is 4. The lowest BCUT2D eigenvalue weighted by molar-refractivity contribution is -0.271. The molecule has 0 atom stereocenters. The maximum absolute atomic E-state index is 14.3. The largest absolute Gasteiger partial charge is 0.315 e. The van der Waals surface area contributed by atoms with Gasteiger partial charge < -0.3 is 0 Å². The molecule has 0 aromatic heterocycles. The van der Waals surface area contributed by atoms with Crippen molar-refractivity contribution in [2.45, 2.75) is 91.9 Å². The van der Waals surface area contributed by atoms with Gasteiger partial charge in [-0.05, 0) is 24.7 Å². The molecule has 20 heavy (non-hydrogen) atoms. The van der Waals surface area contributed by atoms with E-state index < -0.39 is 23.7 Å². The van der Waals surface area contributed by atoms with Crippen molar-refractivity contribution in [2.24, 2.45) is 10.8 Å². The summed E-state index contributed by atoms with van der Waals surface area (Å²) in [6.45, 7) is 10.1. The van der Waals surface area contributed by atoms with Crippen molar-refractivity contribution < 1.29 is 17.6 Å². The summed E-state index contributed by atoms with van der Waals surface area (Å²) in [6, 6.07) is 0. The number of hydrogen-bond acceptors (Lipinski definition) is 0. The van der Waals surface area contributed by atoms with Crippen LogP contribution in [0.15, 0.2) is 0 Å². The summed E-state index contributed by atoms with van der Waals surface area (Å²) in [6.07, 6.45) is 0.934. The summed E-state index contributed by atoms with van der Waals surface area (Å²) in [4.78, 5) is 0. The molecule has 0 aromatic carbocycles. The summed E-state index contributed by atoms with van der Waals surface area (Å²) in [5.41, 5.74) is -1.93. The molecule has 0 amide bonds. The standard InChI is InChI=1S/C16H30F4/c1-7-13(5,8-2)11-12-15(17,18)16(19,20)14(6,9-3)10-4/h7-12H2,1-6H3. The molecule has 0 heterocycles. The molecule has 0 nitrogen and oxygen atoms in total. The Balaban J connectivity index is 5.12. The van der Waals surface area contributed by atoms with Gasteiger partial charge in [0, 0.05) is 11.8 Å². The first-order chi connectivity index (χ1) is 8.95. The molecule has 0 aliphatic carbocycles. The van der Waals surface area contributed by atoms with Gasteiger partial charge in [0.2, 0.25) is 0 Å². The van der Waals surface area contributed by atoms with Gasteiger partial charge in [-0.15, -0.1) is 0 Å². The lowest BCUT2D eigenvalue weighted by atomic mass is 9.72. The average Bonchev–Trinajstić information content (AvgIpc) is 2.43.